The molecule has 3 aromatic heterocycles. The second-order valence-electron chi connectivity index (χ2n) is 20.0. The first-order chi connectivity index (χ1) is 38.2. The maximum absolute atomic E-state index is 14.4. The van der Waals surface area contributed by atoms with Crippen LogP contribution in [0, 0.1) is 5.92 Å². The lowest BCUT2D eigenvalue weighted by Crippen LogP contribution is -2.52. The number of hydrogen-bond donors (Lipinski definition) is 6. The Hall–Kier alpha value is -8.58. The maximum atomic E-state index is 14.4. The predicted molar refractivity (Wildman–Crippen MR) is 292 cm³/mol. The van der Waals surface area contributed by atoms with E-state index in [1.807, 2.05) is 34.7 Å². The van der Waals surface area contributed by atoms with E-state index < -0.39 is 24.0 Å². The van der Waals surface area contributed by atoms with E-state index >= 15 is 0 Å². The fourth-order valence-electron chi connectivity index (χ4n) is 10.2. The number of piperazine rings is 2. The molecule has 8 N–H and O–H groups in total. The normalized spacial score (nSPS) is 15.1. The SMILES string of the molecule is CC[C@H](C)[C@@H](C(=O)N1CCN(c2nc(Nc3ccc(-c4c5ccc(=O)cc-5oc5cc(O)ccc45)c(C(=O)O)c3)nc(N3CCN(C(=O)[C@H](CCCCN)n4cc(CCC(=O)O)nn4)CC3)n2)CC1)n1cc(CCCCN)nn1. The van der Waals surface area contributed by atoms with Crippen LogP contribution >= 0.6 is 0 Å². The number of carboxylic acids is 2. The number of benzene rings is 3. The summed E-state index contributed by atoms with van der Waals surface area (Å²) in [6.45, 7) is 7.94. The molecule has 5 aromatic rings. The largest absolute Gasteiger partial charge is 0.508 e. The molecule has 0 saturated carbocycles. The number of aromatic hydroxyl groups is 1. The topological polar surface area (TPSA) is 336 Å². The van der Waals surface area contributed by atoms with Gasteiger partial charge in [0.15, 0.2) is 5.43 Å². The van der Waals surface area contributed by atoms with E-state index in [4.69, 9.17) is 30.8 Å². The number of carboxylic acid groups (broad SMARTS) is 2. The van der Waals surface area contributed by atoms with Crippen molar-refractivity contribution in [1.82, 2.24) is 54.7 Å². The molecule has 4 aliphatic rings. The number of unbranched alkanes of at least 4 members (excludes halogenated alkanes) is 2. The average Bonchev–Trinajstić information content (AvgIpc) is 4.29. The Kier molecular flexibility index (Phi) is 17.3. The highest BCUT2D eigenvalue weighted by Gasteiger charge is 2.35. The number of nitrogens with two attached hydrogens (primary N) is 2. The Labute approximate surface area is 454 Å². The Morgan fingerprint density at radius 1 is 0.722 bits per heavy atom. The number of amides is 2. The molecule has 2 fully saturated rings. The smallest absolute Gasteiger partial charge is 0.336 e. The molecule has 79 heavy (non-hydrogen) atoms. The molecule has 25 nitrogen and oxygen atoms in total. The highest BCUT2D eigenvalue weighted by atomic mass is 16.4. The van der Waals surface area contributed by atoms with Gasteiger partial charge >= 0.3 is 11.9 Å². The van der Waals surface area contributed by atoms with Crippen molar-refractivity contribution >= 4 is 58.3 Å². The van der Waals surface area contributed by atoms with Crippen LogP contribution in [0.15, 0.2) is 76.2 Å². The molecule has 6 heterocycles. The van der Waals surface area contributed by atoms with Crippen molar-refractivity contribution in [3.05, 3.63) is 94.2 Å². The summed E-state index contributed by atoms with van der Waals surface area (Å²) in [6, 6.07) is 12.4. The zero-order chi connectivity index (χ0) is 55.7. The molecule has 3 atom stereocenters. The Morgan fingerprint density at radius 2 is 1.35 bits per heavy atom. The Balaban J connectivity index is 0.996. The van der Waals surface area contributed by atoms with Crippen molar-refractivity contribution in [2.45, 2.75) is 83.7 Å². The second kappa shape index (κ2) is 24.8. The van der Waals surface area contributed by atoms with Crippen molar-refractivity contribution in [3.8, 4) is 28.2 Å². The summed E-state index contributed by atoms with van der Waals surface area (Å²) in [7, 11) is 0. The first kappa shape index (κ1) is 55.2. The molecule has 9 rings (SSSR count). The summed E-state index contributed by atoms with van der Waals surface area (Å²) in [5, 5.41) is 51.3. The van der Waals surface area contributed by atoms with Crippen LogP contribution < -0.4 is 32.0 Å². The van der Waals surface area contributed by atoms with Gasteiger partial charge in [-0.2, -0.15) is 15.0 Å². The number of phenolic OH excluding ortho intramolecular Hbond substituents is 1. The number of anilines is 4. The van der Waals surface area contributed by atoms with Crippen LogP contribution in [-0.4, -0.2) is 159 Å². The van der Waals surface area contributed by atoms with Crippen LogP contribution in [0.1, 0.15) is 92.6 Å². The van der Waals surface area contributed by atoms with Gasteiger partial charge in [-0.15, -0.1) is 10.2 Å². The molecule has 2 aromatic carbocycles. The summed E-state index contributed by atoms with van der Waals surface area (Å²) in [5.74, 6) is -1.53. The van der Waals surface area contributed by atoms with E-state index in [9.17, 15) is 39.3 Å². The minimum absolute atomic E-state index is 0.0217. The summed E-state index contributed by atoms with van der Waals surface area (Å²) in [5.41, 5.74) is 14.3. The first-order valence-electron chi connectivity index (χ1n) is 26.8. The van der Waals surface area contributed by atoms with Gasteiger partial charge in [-0.3, -0.25) is 19.2 Å². The van der Waals surface area contributed by atoms with Crippen molar-refractivity contribution in [2.24, 2.45) is 17.4 Å². The predicted octanol–water partition coefficient (Wildman–Crippen LogP) is 4.33. The number of aromatic nitrogens is 9. The molecule has 2 saturated heterocycles. The molecular formula is C54H66N16O9. The van der Waals surface area contributed by atoms with E-state index in [1.165, 1.54) is 35.0 Å². The molecule has 2 amide bonds. The third-order valence-electron chi connectivity index (χ3n) is 14.7. The van der Waals surface area contributed by atoms with E-state index in [0.29, 0.717) is 130 Å². The summed E-state index contributed by atoms with van der Waals surface area (Å²) >= 11 is 0. The standard InChI is InChI=1S/C54H66N16O9/c1-3-33(2)48(70-32-35(61-64-70)8-4-6-18-55)50(76)66-22-26-68(27-23-66)54-59-52(57-34-10-14-39(42(28-34)51(77)78)47-40-15-12-37(71)29-44(40)79-45-30-38(72)13-16-41(45)47)58-53(60-54)67-24-20-65(21-25-67)49(75)43(9-5-7-19-56)69-31-36(62-63-69)11-17-46(73)74/h10,12-16,28-33,43,48,71H,3-9,11,17-27,55-56H2,1-2H3,(H,73,74)(H,77,78)(H,57,58,59,60)/t33-,43-,48-/m0/s1. The van der Waals surface area contributed by atoms with Crippen molar-refractivity contribution < 1.29 is 38.9 Å². The van der Waals surface area contributed by atoms with Crippen LogP contribution in [0.4, 0.5) is 23.5 Å². The number of phenols is 1. The molecular weight excluding hydrogens is 1020 g/mol. The second-order valence-corrected chi connectivity index (χ2v) is 20.0. The number of aryl methyl sites for hydroxylation is 2. The molecule has 1 aliphatic carbocycles. The lowest BCUT2D eigenvalue weighted by molar-refractivity contribution is -0.137. The maximum Gasteiger partial charge on any atom is 0.336 e. The monoisotopic (exact) mass is 1080 g/mol. The van der Waals surface area contributed by atoms with Crippen molar-refractivity contribution in [2.75, 3.05) is 80.6 Å². The van der Waals surface area contributed by atoms with Crippen LogP contribution in [-0.2, 0) is 27.2 Å². The number of rotatable bonds is 23. The van der Waals surface area contributed by atoms with Gasteiger partial charge in [0.1, 0.15) is 29.2 Å². The van der Waals surface area contributed by atoms with Gasteiger partial charge in [-0.05, 0) is 99.5 Å². The molecule has 0 bridgehead atoms. The van der Waals surface area contributed by atoms with Crippen LogP contribution in [0.5, 0.6) is 5.75 Å². The number of fused-ring (bicyclic) bond motifs is 2. The third kappa shape index (κ3) is 12.7. The minimum Gasteiger partial charge on any atom is -0.508 e. The van der Waals surface area contributed by atoms with Gasteiger partial charge in [0, 0.05) is 106 Å². The molecule has 0 spiro atoms. The number of aliphatic carboxylic acids is 1. The number of nitrogens with one attached hydrogen (secondary N) is 1. The van der Waals surface area contributed by atoms with Gasteiger partial charge in [0.2, 0.25) is 29.7 Å². The Morgan fingerprint density at radius 3 is 2.01 bits per heavy atom. The number of carbonyl (C=O) groups is 4. The molecule has 0 unspecified atom stereocenters. The zero-order valence-electron chi connectivity index (χ0n) is 44.3. The van der Waals surface area contributed by atoms with Gasteiger partial charge in [-0.25, -0.2) is 14.2 Å². The van der Waals surface area contributed by atoms with Gasteiger partial charge in [0.25, 0.3) is 0 Å². The van der Waals surface area contributed by atoms with Crippen molar-refractivity contribution in [3.63, 3.8) is 0 Å². The summed E-state index contributed by atoms with van der Waals surface area (Å²) in [6.07, 6.45) is 8.61. The fraction of sp³-hybridized carbons (Fsp3) is 0.444. The lowest BCUT2D eigenvalue weighted by atomic mass is 9.90. The minimum atomic E-state index is -1.23. The zero-order valence-corrected chi connectivity index (χ0v) is 44.3. The molecule has 25 heteroatoms. The first-order valence-corrected chi connectivity index (χ1v) is 26.8. The average molecular weight is 1080 g/mol. The van der Waals surface area contributed by atoms with E-state index in [0.717, 1.165) is 31.4 Å². The third-order valence-corrected chi connectivity index (χ3v) is 14.7. The highest BCUT2D eigenvalue weighted by Crippen LogP contribution is 2.43. The molecule has 416 valence electrons. The fourth-order valence-corrected chi connectivity index (χ4v) is 10.2. The van der Waals surface area contributed by atoms with Crippen LogP contribution in [0.2, 0.25) is 0 Å². The quantitative estimate of drug-likeness (QED) is 0.0383. The van der Waals surface area contributed by atoms with Gasteiger partial charge in [0.05, 0.1) is 23.4 Å². The van der Waals surface area contributed by atoms with Crippen LogP contribution in [0.3, 0.4) is 0 Å². The van der Waals surface area contributed by atoms with E-state index in [2.05, 4.69) is 25.9 Å². The number of nitrogens with zero attached hydrogens (tertiary/aromatic N) is 13. The van der Waals surface area contributed by atoms with Crippen LogP contribution in [0.25, 0.3) is 33.4 Å². The molecule has 0 radical (unpaired) electrons. The number of hydrogen-bond acceptors (Lipinski definition) is 19. The Bertz CT molecular complexity index is 3330. The summed E-state index contributed by atoms with van der Waals surface area (Å²) in [4.78, 5) is 87.9. The number of carbonyl (C=O) groups excluding carboxylic acids is 2. The summed E-state index contributed by atoms with van der Waals surface area (Å²) < 4.78 is 9.24. The molecule has 3 aliphatic heterocycles. The van der Waals surface area contributed by atoms with Gasteiger partial charge < -0.3 is 56.1 Å². The van der Waals surface area contributed by atoms with Gasteiger partial charge in [-0.1, -0.05) is 36.8 Å². The number of aromatic carboxylic acids is 1. The van der Waals surface area contributed by atoms with E-state index in [1.54, 1.807) is 40.0 Å². The van der Waals surface area contributed by atoms with E-state index in [-0.39, 0.29) is 64.6 Å². The highest BCUT2D eigenvalue weighted by molar-refractivity contribution is 6.08. The van der Waals surface area contributed by atoms with Crippen molar-refractivity contribution in [1.29, 1.82) is 0 Å². The lowest BCUT2D eigenvalue weighted by Gasteiger charge is -2.38.